The fourth-order valence-corrected chi connectivity index (χ4v) is 2.15. The molecule has 0 aliphatic rings. The molecule has 19 heteroatoms. The summed E-state index contributed by atoms with van der Waals surface area (Å²) in [5, 5.41) is 8.58. The fraction of sp³-hybridized carbons (Fsp3) is 0.857. The number of rotatable bonds is 11. The number of allylic oxidation sites excluding steroid dienone is 1. The average Bonchev–Trinajstić information content (AvgIpc) is 2.63. The highest BCUT2D eigenvalue weighted by molar-refractivity contribution is 5.21. The second kappa shape index (κ2) is 8.51. The zero-order valence-electron chi connectivity index (χ0n) is 15.6. The Morgan fingerprint density at radius 2 is 0.909 bits per heavy atom. The topological polar surface area (TPSA) is 23.5 Å². The average molecular weight is 533 g/mol. The molecule has 0 aliphatic heterocycles. The Bertz CT molecular complexity index is 711. The minimum Gasteiger partial charge on any atom is -0.395 e. The smallest absolute Gasteiger partial charge is 0.395 e. The Hall–Kier alpha value is -1.69. The minimum atomic E-state index is -8.67. The summed E-state index contributed by atoms with van der Waals surface area (Å²) in [7, 11) is 0. The number of halogens is 17. The predicted octanol–water partition coefficient (Wildman–Crippen LogP) is 5.82. The van der Waals surface area contributed by atoms with Crippen LogP contribution in [0.25, 0.3) is 0 Å². The zero-order chi connectivity index (χ0) is 27.3. The van der Waals surface area contributed by atoms with Gasteiger partial charge in [-0.2, -0.15) is 74.6 Å². The van der Waals surface area contributed by atoms with Crippen molar-refractivity contribution in [3.63, 3.8) is 0 Å². The van der Waals surface area contributed by atoms with Crippen molar-refractivity contribution in [1.82, 2.24) is 4.90 Å². The van der Waals surface area contributed by atoms with E-state index in [0.29, 0.717) is 0 Å². The number of hydrogen-bond donors (Lipinski definition) is 1. The lowest BCUT2D eigenvalue weighted by Gasteiger charge is -2.43. The lowest BCUT2D eigenvalue weighted by molar-refractivity contribution is -0.460. The van der Waals surface area contributed by atoms with Crippen molar-refractivity contribution in [1.29, 1.82) is 0 Å². The Balaban J connectivity index is 6.79. The van der Waals surface area contributed by atoms with E-state index in [1.165, 1.54) is 0 Å². The molecule has 2 nitrogen and oxygen atoms in total. The highest BCUT2D eigenvalue weighted by Gasteiger charge is 2.95. The van der Waals surface area contributed by atoms with Gasteiger partial charge in [-0.1, -0.05) is 6.58 Å². The van der Waals surface area contributed by atoms with Gasteiger partial charge in [0.15, 0.2) is 0 Å². The maximum Gasteiger partial charge on any atom is 0.460 e. The summed E-state index contributed by atoms with van der Waals surface area (Å²) in [6.07, 6.45) is -7.79. The van der Waals surface area contributed by atoms with Gasteiger partial charge >= 0.3 is 47.6 Å². The van der Waals surface area contributed by atoms with E-state index in [-0.39, 0.29) is 4.90 Å². The number of alkyl halides is 17. The molecule has 0 saturated carbocycles. The normalized spacial score (nSPS) is 15.6. The standard InChI is InChI=1S/C14H12F17NO/c1-3-32(4-5-33)6(2)7(15,16)8(17,18)9(19,20)10(21,22)11(23,24)12(25,26)13(27,28)14(29,30)31/h33H,2-5H2,1H3. The lowest BCUT2D eigenvalue weighted by Crippen LogP contribution is -2.74. The predicted molar refractivity (Wildman–Crippen MR) is 74.2 cm³/mol. The highest BCUT2D eigenvalue weighted by Crippen LogP contribution is 2.64. The van der Waals surface area contributed by atoms with Gasteiger partial charge in [0.25, 0.3) is 0 Å². The van der Waals surface area contributed by atoms with Gasteiger partial charge < -0.3 is 10.0 Å². The third kappa shape index (κ3) is 4.17. The van der Waals surface area contributed by atoms with E-state index in [4.69, 9.17) is 5.11 Å². The molecule has 0 unspecified atom stereocenters. The van der Waals surface area contributed by atoms with Gasteiger partial charge in [-0.3, -0.25) is 0 Å². The monoisotopic (exact) mass is 533 g/mol. The van der Waals surface area contributed by atoms with Crippen molar-refractivity contribution >= 4 is 0 Å². The summed E-state index contributed by atoms with van der Waals surface area (Å²) >= 11 is 0. The summed E-state index contributed by atoms with van der Waals surface area (Å²) < 4.78 is 224. The van der Waals surface area contributed by atoms with E-state index in [1.54, 1.807) is 0 Å². The van der Waals surface area contributed by atoms with Crippen molar-refractivity contribution < 1.29 is 79.7 Å². The molecule has 0 heterocycles. The zero-order valence-corrected chi connectivity index (χ0v) is 15.6. The molecule has 0 spiro atoms. The van der Waals surface area contributed by atoms with Gasteiger partial charge in [0.1, 0.15) is 0 Å². The Morgan fingerprint density at radius 3 is 1.18 bits per heavy atom. The van der Waals surface area contributed by atoms with Crippen LogP contribution in [0.3, 0.4) is 0 Å². The molecular formula is C14H12F17NO. The fourth-order valence-electron chi connectivity index (χ4n) is 2.15. The third-order valence-electron chi connectivity index (χ3n) is 4.22. The molecular weight excluding hydrogens is 521 g/mol. The van der Waals surface area contributed by atoms with Crippen molar-refractivity contribution in [3.05, 3.63) is 12.3 Å². The summed E-state index contributed by atoms with van der Waals surface area (Å²) in [6, 6.07) is 0. The SMILES string of the molecule is C=C(N(CC)CCO)C(F)(F)C(F)(F)C(F)(F)C(F)(F)C(F)(F)C(F)(F)C(F)(F)C(F)(F)F. The Kier molecular flexibility index (Phi) is 8.08. The van der Waals surface area contributed by atoms with Crippen LogP contribution >= 0.6 is 0 Å². The van der Waals surface area contributed by atoms with Gasteiger partial charge in [-0.05, 0) is 6.92 Å². The molecule has 0 atom stereocenters. The van der Waals surface area contributed by atoms with Crippen LogP contribution in [-0.4, -0.2) is 77.3 Å². The van der Waals surface area contributed by atoms with Gasteiger partial charge in [-0.15, -0.1) is 0 Å². The number of likely N-dealkylation sites (N-methyl/N-ethyl adjacent to an activating group) is 1. The Labute approximate surface area is 172 Å². The second-order valence-corrected chi connectivity index (χ2v) is 6.27. The molecule has 0 amide bonds. The molecule has 33 heavy (non-hydrogen) atoms. The second-order valence-electron chi connectivity index (χ2n) is 6.27. The molecule has 0 fully saturated rings. The molecule has 0 saturated heterocycles. The molecule has 0 bridgehead atoms. The van der Waals surface area contributed by atoms with Crippen LogP contribution in [0, 0.1) is 0 Å². The van der Waals surface area contributed by atoms with E-state index in [2.05, 4.69) is 6.58 Å². The van der Waals surface area contributed by atoms with E-state index < -0.39 is 73.0 Å². The molecule has 1 N–H and O–H groups in total. The highest BCUT2D eigenvalue weighted by atomic mass is 19.4. The van der Waals surface area contributed by atoms with Crippen LogP contribution in [-0.2, 0) is 0 Å². The molecule has 198 valence electrons. The third-order valence-corrected chi connectivity index (χ3v) is 4.22. The van der Waals surface area contributed by atoms with Crippen LogP contribution in [0.15, 0.2) is 12.3 Å². The number of nitrogens with zero attached hydrogens (tertiary/aromatic N) is 1. The van der Waals surface area contributed by atoms with E-state index in [1.807, 2.05) is 0 Å². The van der Waals surface area contributed by atoms with E-state index in [0.717, 1.165) is 6.92 Å². The summed E-state index contributed by atoms with van der Waals surface area (Å²) in [5.41, 5.74) is -2.53. The van der Waals surface area contributed by atoms with Crippen molar-refractivity contribution in [2.45, 2.75) is 54.6 Å². The van der Waals surface area contributed by atoms with Crippen LogP contribution in [0.1, 0.15) is 6.92 Å². The lowest BCUT2D eigenvalue weighted by atomic mass is 9.88. The summed E-state index contributed by atoms with van der Waals surface area (Å²) in [5.74, 6) is -56.9. The van der Waals surface area contributed by atoms with Crippen molar-refractivity contribution in [2.24, 2.45) is 0 Å². The van der Waals surface area contributed by atoms with Crippen molar-refractivity contribution in [3.8, 4) is 0 Å². The summed E-state index contributed by atoms with van der Waals surface area (Å²) in [6.45, 7) is -0.155. The van der Waals surface area contributed by atoms with Crippen LogP contribution in [0.2, 0.25) is 0 Å². The maximum atomic E-state index is 13.9. The first-order valence-corrected chi connectivity index (χ1v) is 7.95. The van der Waals surface area contributed by atoms with Crippen LogP contribution < -0.4 is 0 Å². The Morgan fingerprint density at radius 1 is 0.606 bits per heavy atom. The number of aliphatic hydroxyl groups is 1. The van der Waals surface area contributed by atoms with Crippen LogP contribution in [0.5, 0.6) is 0 Å². The molecule has 0 aromatic rings. The molecule has 0 radical (unpaired) electrons. The first-order chi connectivity index (χ1) is 14.2. The molecule has 0 aromatic carbocycles. The van der Waals surface area contributed by atoms with Crippen molar-refractivity contribution in [2.75, 3.05) is 19.7 Å². The van der Waals surface area contributed by atoms with Gasteiger partial charge in [0, 0.05) is 13.1 Å². The van der Waals surface area contributed by atoms with E-state index >= 15 is 0 Å². The first-order valence-electron chi connectivity index (χ1n) is 7.95. The first kappa shape index (κ1) is 31.3. The summed E-state index contributed by atoms with van der Waals surface area (Å²) in [4.78, 5) is -0.160. The molecule has 0 aromatic heterocycles. The van der Waals surface area contributed by atoms with Gasteiger partial charge in [0.2, 0.25) is 0 Å². The quantitative estimate of drug-likeness (QED) is 0.339. The minimum absolute atomic E-state index is 0.160. The van der Waals surface area contributed by atoms with Gasteiger partial charge in [-0.25, -0.2) is 0 Å². The van der Waals surface area contributed by atoms with Crippen LogP contribution in [0.4, 0.5) is 74.6 Å². The number of hydrogen-bond acceptors (Lipinski definition) is 2. The van der Waals surface area contributed by atoms with Gasteiger partial charge in [0.05, 0.1) is 12.3 Å². The number of aliphatic hydroxyl groups excluding tert-OH is 1. The molecule has 0 rings (SSSR count). The maximum absolute atomic E-state index is 13.9. The largest absolute Gasteiger partial charge is 0.460 e. The molecule has 0 aliphatic carbocycles. The van der Waals surface area contributed by atoms with E-state index in [9.17, 15) is 74.6 Å².